The first kappa shape index (κ1) is 13.7. The number of hydrogen-bond acceptors (Lipinski definition) is 1. The zero-order chi connectivity index (χ0) is 13.9. The minimum atomic E-state index is -2.99. The minimum Gasteiger partial charge on any atom is -0.295 e. The molecule has 1 aliphatic rings. The fourth-order valence-electron chi connectivity index (χ4n) is 2.34. The van der Waals surface area contributed by atoms with E-state index in [4.69, 9.17) is 0 Å². The van der Waals surface area contributed by atoms with E-state index in [1.807, 2.05) is 0 Å². The van der Waals surface area contributed by atoms with E-state index in [2.05, 4.69) is 11.8 Å². The van der Waals surface area contributed by atoms with Crippen LogP contribution in [0.25, 0.3) is 0 Å². The SMILES string of the molecule is CC(=O)c1ccc(C2CCCCC#CC2(F)F)cc1. The molecule has 1 atom stereocenters. The lowest BCUT2D eigenvalue weighted by molar-refractivity contribution is 0.0296. The molecule has 0 heterocycles. The van der Waals surface area contributed by atoms with Crippen LogP contribution in [0.1, 0.15) is 54.4 Å². The molecule has 2 rings (SSSR count). The largest absolute Gasteiger partial charge is 0.314 e. The Morgan fingerprint density at radius 1 is 1.26 bits per heavy atom. The van der Waals surface area contributed by atoms with Crippen LogP contribution in [0.15, 0.2) is 24.3 Å². The average molecular weight is 262 g/mol. The lowest BCUT2D eigenvalue weighted by Gasteiger charge is -2.24. The van der Waals surface area contributed by atoms with Crippen LogP contribution in [0.5, 0.6) is 0 Å². The second-order valence-corrected chi connectivity index (χ2v) is 4.90. The van der Waals surface area contributed by atoms with Crippen molar-refractivity contribution in [2.75, 3.05) is 0 Å². The maximum absolute atomic E-state index is 14.0. The molecular weight excluding hydrogens is 246 g/mol. The summed E-state index contributed by atoms with van der Waals surface area (Å²) in [5.74, 6) is 0.728. The van der Waals surface area contributed by atoms with Gasteiger partial charge in [0, 0.05) is 12.0 Å². The van der Waals surface area contributed by atoms with Gasteiger partial charge in [0.15, 0.2) is 5.78 Å². The number of carbonyl (C=O) groups excluding carboxylic acids is 1. The van der Waals surface area contributed by atoms with Crippen molar-refractivity contribution in [1.29, 1.82) is 0 Å². The summed E-state index contributed by atoms with van der Waals surface area (Å²) in [5, 5.41) is 0. The highest BCUT2D eigenvalue weighted by Crippen LogP contribution is 2.38. The Bertz CT molecular complexity index is 520. The maximum atomic E-state index is 14.0. The van der Waals surface area contributed by atoms with E-state index >= 15 is 0 Å². The Hall–Kier alpha value is -1.69. The van der Waals surface area contributed by atoms with E-state index in [9.17, 15) is 13.6 Å². The molecule has 3 heteroatoms. The predicted molar refractivity (Wildman–Crippen MR) is 70.4 cm³/mol. The third-order valence-electron chi connectivity index (χ3n) is 3.46. The van der Waals surface area contributed by atoms with Gasteiger partial charge in [0.25, 0.3) is 0 Å². The standard InChI is InChI=1S/C16H16F2O/c1-12(19)13-7-9-14(10-8-13)15-6-4-2-3-5-11-16(15,17)18/h7-10,15H,2-4,6H2,1H3. The Morgan fingerprint density at radius 3 is 2.58 bits per heavy atom. The Kier molecular flexibility index (Phi) is 3.99. The van der Waals surface area contributed by atoms with Crippen molar-refractivity contribution in [2.24, 2.45) is 0 Å². The van der Waals surface area contributed by atoms with E-state index in [1.54, 1.807) is 24.3 Å². The number of ketones is 1. The number of halogens is 2. The van der Waals surface area contributed by atoms with Crippen molar-refractivity contribution in [3.63, 3.8) is 0 Å². The van der Waals surface area contributed by atoms with Gasteiger partial charge in [-0.25, -0.2) is 0 Å². The Labute approximate surface area is 112 Å². The monoisotopic (exact) mass is 262 g/mol. The van der Waals surface area contributed by atoms with E-state index in [0.717, 1.165) is 12.8 Å². The summed E-state index contributed by atoms with van der Waals surface area (Å²) in [5.41, 5.74) is 1.11. The van der Waals surface area contributed by atoms with E-state index in [0.29, 0.717) is 24.0 Å². The predicted octanol–water partition coefficient (Wildman–Crippen LogP) is 4.19. The van der Waals surface area contributed by atoms with E-state index in [-0.39, 0.29) is 5.78 Å². The smallest absolute Gasteiger partial charge is 0.295 e. The quantitative estimate of drug-likeness (QED) is 0.577. The van der Waals surface area contributed by atoms with Crippen LogP contribution in [0.2, 0.25) is 0 Å². The van der Waals surface area contributed by atoms with Crippen molar-refractivity contribution in [3.05, 3.63) is 35.4 Å². The molecule has 1 aromatic rings. The highest BCUT2D eigenvalue weighted by atomic mass is 19.3. The molecule has 0 N–H and O–H groups in total. The van der Waals surface area contributed by atoms with Gasteiger partial charge < -0.3 is 0 Å². The van der Waals surface area contributed by atoms with Gasteiger partial charge in [-0.15, -0.1) is 0 Å². The van der Waals surface area contributed by atoms with E-state index < -0.39 is 11.8 Å². The molecule has 0 saturated heterocycles. The number of hydrogen-bond donors (Lipinski definition) is 0. The van der Waals surface area contributed by atoms with Gasteiger partial charge in [-0.3, -0.25) is 4.79 Å². The van der Waals surface area contributed by atoms with Crippen LogP contribution in [0, 0.1) is 11.8 Å². The normalized spacial score (nSPS) is 21.7. The van der Waals surface area contributed by atoms with Gasteiger partial charge in [-0.05, 0) is 31.2 Å². The van der Waals surface area contributed by atoms with Crippen molar-refractivity contribution in [3.8, 4) is 11.8 Å². The van der Waals surface area contributed by atoms with Gasteiger partial charge >= 0.3 is 5.92 Å². The van der Waals surface area contributed by atoms with Crippen LogP contribution in [-0.2, 0) is 0 Å². The fraction of sp³-hybridized carbons (Fsp3) is 0.438. The fourth-order valence-corrected chi connectivity index (χ4v) is 2.34. The highest BCUT2D eigenvalue weighted by molar-refractivity contribution is 5.94. The van der Waals surface area contributed by atoms with Crippen molar-refractivity contribution in [1.82, 2.24) is 0 Å². The number of carbonyl (C=O) groups is 1. The first-order valence-electron chi connectivity index (χ1n) is 6.49. The molecule has 0 radical (unpaired) electrons. The van der Waals surface area contributed by atoms with Crippen LogP contribution in [0.4, 0.5) is 8.78 Å². The molecular formula is C16H16F2O. The molecule has 1 unspecified atom stereocenters. The molecule has 100 valence electrons. The summed E-state index contributed by atoms with van der Waals surface area (Å²) in [7, 11) is 0. The summed E-state index contributed by atoms with van der Waals surface area (Å²) in [6.07, 6.45) is 2.60. The van der Waals surface area contributed by atoms with Gasteiger partial charge in [0.2, 0.25) is 0 Å². The van der Waals surface area contributed by atoms with Gasteiger partial charge in [0.05, 0.1) is 5.92 Å². The second-order valence-electron chi connectivity index (χ2n) is 4.90. The number of Topliss-reactive ketones (excluding diaryl/α,β-unsaturated/α-hetero) is 1. The molecule has 1 aromatic carbocycles. The Balaban J connectivity index is 2.31. The summed E-state index contributed by atoms with van der Waals surface area (Å²) in [4.78, 5) is 11.2. The molecule has 1 nitrogen and oxygen atoms in total. The molecule has 0 saturated carbocycles. The molecule has 0 aromatic heterocycles. The molecule has 0 spiro atoms. The summed E-state index contributed by atoms with van der Waals surface area (Å²) < 4.78 is 28.0. The number of benzene rings is 1. The highest BCUT2D eigenvalue weighted by Gasteiger charge is 2.38. The molecule has 19 heavy (non-hydrogen) atoms. The molecule has 0 fully saturated rings. The van der Waals surface area contributed by atoms with Crippen molar-refractivity contribution >= 4 is 5.78 Å². The lowest BCUT2D eigenvalue weighted by Crippen LogP contribution is -2.25. The van der Waals surface area contributed by atoms with Crippen molar-refractivity contribution < 1.29 is 13.6 Å². The summed E-state index contributed by atoms with van der Waals surface area (Å²) in [6, 6.07) is 6.47. The van der Waals surface area contributed by atoms with Gasteiger partial charge in [-0.1, -0.05) is 36.6 Å². The van der Waals surface area contributed by atoms with Crippen LogP contribution in [0.3, 0.4) is 0 Å². The zero-order valence-electron chi connectivity index (χ0n) is 10.9. The number of rotatable bonds is 2. The van der Waals surface area contributed by atoms with Crippen LogP contribution < -0.4 is 0 Å². The van der Waals surface area contributed by atoms with Gasteiger partial charge in [0.1, 0.15) is 0 Å². The van der Waals surface area contributed by atoms with E-state index in [1.165, 1.54) is 6.92 Å². The Morgan fingerprint density at radius 2 is 1.95 bits per heavy atom. The molecule has 0 aliphatic heterocycles. The molecule has 0 bridgehead atoms. The summed E-state index contributed by atoms with van der Waals surface area (Å²) in [6.45, 7) is 1.46. The van der Waals surface area contributed by atoms with Crippen molar-refractivity contribution in [2.45, 2.75) is 44.4 Å². The van der Waals surface area contributed by atoms with Crippen LogP contribution >= 0.6 is 0 Å². The zero-order valence-corrected chi connectivity index (χ0v) is 10.9. The molecule has 0 amide bonds. The number of alkyl halides is 2. The first-order chi connectivity index (χ1) is 9.00. The second kappa shape index (κ2) is 5.52. The average Bonchev–Trinajstić information content (AvgIpc) is 2.35. The van der Waals surface area contributed by atoms with Gasteiger partial charge in [-0.2, -0.15) is 8.78 Å². The first-order valence-corrected chi connectivity index (χ1v) is 6.49. The third-order valence-corrected chi connectivity index (χ3v) is 3.46. The molecule has 1 aliphatic carbocycles. The topological polar surface area (TPSA) is 17.1 Å². The minimum absolute atomic E-state index is 0.0595. The lowest BCUT2D eigenvalue weighted by atomic mass is 9.86. The maximum Gasteiger partial charge on any atom is 0.314 e. The third kappa shape index (κ3) is 3.20. The van der Waals surface area contributed by atoms with Crippen LogP contribution in [-0.4, -0.2) is 11.7 Å². The summed E-state index contributed by atoms with van der Waals surface area (Å²) >= 11 is 0.